The van der Waals surface area contributed by atoms with Gasteiger partial charge in [-0.25, -0.2) is 0 Å². The summed E-state index contributed by atoms with van der Waals surface area (Å²) in [6.45, 7) is 4.03. The molecule has 6 heteroatoms. The Morgan fingerprint density at radius 3 is 2.24 bits per heavy atom. The number of anilines is 1. The first-order valence-electron chi connectivity index (χ1n) is 9.59. The van der Waals surface area contributed by atoms with E-state index in [1.807, 2.05) is 50.3 Å². The van der Waals surface area contributed by atoms with Gasteiger partial charge in [0.15, 0.2) is 0 Å². The summed E-state index contributed by atoms with van der Waals surface area (Å²) in [4.78, 5) is 39.0. The molecule has 0 aromatic heterocycles. The van der Waals surface area contributed by atoms with Gasteiger partial charge < -0.3 is 0 Å². The van der Waals surface area contributed by atoms with E-state index in [0.717, 1.165) is 5.56 Å². The SMILES string of the molecule is CC1(C)CC(=O)[C@@]2(C1)C(=O)N(c1ccc([N+](=O)[O-])cc1)C=C[C@H]2c1ccccc1. The van der Waals surface area contributed by atoms with Gasteiger partial charge in [-0.05, 0) is 29.5 Å². The number of allylic oxidation sites excluding steroid dienone is 1. The fraction of sp³-hybridized carbons (Fsp3) is 0.304. The lowest BCUT2D eigenvalue weighted by molar-refractivity contribution is -0.384. The zero-order valence-corrected chi connectivity index (χ0v) is 16.4. The molecule has 2 atom stereocenters. The Hall–Kier alpha value is -3.28. The van der Waals surface area contributed by atoms with Crippen molar-refractivity contribution in [1.29, 1.82) is 0 Å². The number of nitro groups is 1. The van der Waals surface area contributed by atoms with E-state index in [9.17, 15) is 19.7 Å². The first-order chi connectivity index (χ1) is 13.7. The molecule has 1 aliphatic carbocycles. The maximum absolute atomic E-state index is 13.8. The first-order valence-corrected chi connectivity index (χ1v) is 9.59. The quantitative estimate of drug-likeness (QED) is 0.435. The van der Waals surface area contributed by atoms with Crippen LogP contribution in [-0.2, 0) is 9.59 Å². The highest BCUT2D eigenvalue weighted by molar-refractivity contribution is 6.16. The minimum atomic E-state index is -1.17. The number of carbonyl (C=O) groups excluding carboxylic acids is 2. The van der Waals surface area contributed by atoms with Crippen molar-refractivity contribution in [3.8, 4) is 0 Å². The normalized spacial score (nSPS) is 25.6. The van der Waals surface area contributed by atoms with E-state index in [0.29, 0.717) is 18.5 Å². The van der Waals surface area contributed by atoms with Crippen molar-refractivity contribution in [2.75, 3.05) is 4.90 Å². The van der Waals surface area contributed by atoms with Crippen LogP contribution in [0.15, 0.2) is 66.9 Å². The highest BCUT2D eigenvalue weighted by Crippen LogP contribution is 2.56. The van der Waals surface area contributed by atoms with Gasteiger partial charge in [-0.2, -0.15) is 0 Å². The summed E-state index contributed by atoms with van der Waals surface area (Å²) in [5, 5.41) is 10.9. The molecule has 2 aromatic carbocycles. The second kappa shape index (κ2) is 6.65. The number of non-ortho nitro benzene ring substituents is 1. The highest BCUT2D eigenvalue weighted by Gasteiger charge is 2.61. The van der Waals surface area contributed by atoms with E-state index < -0.39 is 10.3 Å². The summed E-state index contributed by atoms with van der Waals surface area (Å²) in [6.07, 6.45) is 4.41. The van der Waals surface area contributed by atoms with Crippen molar-refractivity contribution in [1.82, 2.24) is 0 Å². The van der Waals surface area contributed by atoms with Crippen molar-refractivity contribution in [3.05, 3.63) is 82.6 Å². The van der Waals surface area contributed by atoms with Gasteiger partial charge in [-0.1, -0.05) is 50.3 Å². The summed E-state index contributed by atoms with van der Waals surface area (Å²) in [6, 6.07) is 15.5. The Morgan fingerprint density at radius 1 is 1.03 bits per heavy atom. The predicted molar refractivity (Wildman–Crippen MR) is 109 cm³/mol. The lowest BCUT2D eigenvalue weighted by Crippen LogP contribution is -2.50. The average molecular weight is 390 g/mol. The standard InChI is InChI=1S/C23H22N2O4/c1-22(2)14-20(26)23(15-22)19(16-6-4-3-5-7-16)12-13-24(21(23)27)17-8-10-18(11-9-17)25(28)29/h3-13,19H,14-15H2,1-2H3/t19-,23-/m0/s1. The van der Waals surface area contributed by atoms with Crippen molar-refractivity contribution < 1.29 is 14.5 Å². The molecule has 0 radical (unpaired) electrons. The van der Waals surface area contributed by atoms with Crippen LogP contribution in [0.4, 0.5) is 11.4 Å². The van der Waals surface area contributed by atoms with Gasteiger partial charge in [0.2, 0.25) is 5.91 Å². The molecule has 2 aromatic rings. The number of rotatable bonds is 3. The van der Waals surface area contributed by atoms with Crippen LogP contribution in [0.2, 0.25) is 0 Å². The number of ketones is 1. The van der Waals surface area contributed by atoms with Crippen LogP contribution in [0.1, 0.15) is 38.2 Å². The molecule has 29 heavy (non-hydrogen) atoms. The zero-order valence-electron chi connectivity index (χ0n) is 16.4. The molecule has 148 valence electrons. The molecule has 0 bridgehead atoms. The summed E-state index contributed by atoms with van der Waals surface area (Å²) in [7, 11) is 0. The summed E-state index contributed by atoms with van der Waals surface area (Å²) in [5.74, 6) is -0.643. The lowest BCUT2D eigenvalue weighted by atomic mass is 9.66. The largest absolute Gasteiger partial charge is 0.298 e. The Balaban J connectivity index is 1.82. The van der Waals surface area contributed by atoms with E-state index >= 15 is 0 Å². The molecule has 1 amide bonds. The molecule has 2 aliphatic rings. The predicted octanol–water partition coefficient (Wildman–Crippen LogP) is 4.61. The number of nitro benzene ring substituents is 1. The van der Waals surface area contributed by atoms with E-state index in [4.69, 9.17) is 0 Å². The van der Waals surface area contributed by atoms with Gasteiger partial charge in [0.25, 0.3) is 5.69 Å². The van der Waals surface area contributed by atoms with E-state index in [1.54, 1.807) is 18.3 Å². The molecule has 4 rings (SSSR count). The summed E-state index contributed by atoms with van der Waals surface area (Å²) >= 11 is 0. The van der Waals surface area contributed by atoms with Crippen molar-refractivity contribution in [3.63, 3.8) is 0 Å². The fourth-order valence-corrected chi connectivity index (χ4v) is 4.73. The number of Topliss-reactive ketones (excluding diaryl/α,β-unsaturated/α-hetero) is 1. The van der Waals surface area contributed by atoms with Gasteiger partial charge in [-0.15, -0.1) is 0 Å². The van der Waals surface area contributed by atoms with Crippen LogP contribution in [0.25, 0.3) is 0 Å². The minimum absolute atomic E-state index is 0.0439. The number of carbonyl (C=O) groups is 2. The van der Waals surface area contributed by atoms with Gasteiger partial charge in [0.05, 0.1) is 4.92 Å². The minimum Gasteiger partial charge on any atom is -0.298 e. The maximum Gasteiger partial charge on any atom is 0.269 e. The molecular weight excluding hydrogens is 368 g/mol. The Labute approximate surface area is 169 Å². The van der Waals surface area contributed by atoms with Crippen molar-refractivity contribution in [2.45, 2.75) is 32.6 Å². The molecule has 0 saturated heterocycles. The second-order valence-electron chi connectivity index (χ2n) is 8.59. The third-order valence-electron chi connectivity index (χ3n) is 5.95. The van der Waals surface area contributed by atoms with Gasteiger partial charge in [0.1, 0.15) is 11.2 Å². The highest BCUT2D eigenvalue weighted by atomic mass is 16.6. The molecule has 0 N–H and O–H groups in total. The van der Waals surface area contributed by atoms with Crippen LogP contribution >= 0.6 is 0 Å². The topological polar surface area (TPSA) is 80.5 Å². The Morgan fingerprint density at radius 2 is 1.69 bits per heavy atom. The Kier molecular flexibility index (Phi) is 4.37. The Bertz CT molecular complexity index is 1010. The van der Waals surface area contributed by atoms with Crippen LogP contribution < -0.4 is 4.90 Å². The molecule has 0 unspecified atom stereocenters. The van der Waals surface area contributed by atoms with Crippen LogP contribution in [-0.4, -0.2) is 16.6 Å². The molecule has 1 saturated carbocycles. The number of nitrogens with zero attached hydrogens (tertiary/aromatic N) is 2. The third-order valence-corrected chi connectivity index (χ3v) is 5.95. The third kappa shape index (κ3) is 3.05. The van der Waals surface area contributed by atoms with Gasteiger partial charge >= 0.3 is 0 Å². The number of amides is 1. The van der Waals surface area contributed by atoms with Crippen LogP contribution in [0, 0.1) is 20.9 Å². The molecule has 1 heterocycles. The average Bonchev–Trinajstić information content (AvgIpc) is 2.94. The van der Waals surface area contributed by atoms with Gasteiger partial charge in [0, 0.05) is 36.4 Å². The summed E-state index contributed by atoms with van der Waals surface area (Å²) < 4.78 is 0. The fourth-order valence-electron chi connectivity index (χ4n) is 4.73. The number of hydrogen-bond acceptors (Lipinski definition) is 4. The lowest BCUT2D eigenvalue weighted by Gasteiger charge is -2.41. The maximum atomic E-state index is 13.8. The second-order valence-corrected chi connectivity index (χ2v) is 8.59. The molecule has 1 aliphatic heterocycles. The van der Waals surface area contributed by atoms with Crippen LogP contribution in [0.3, 0.4) is 0 Å². The number of hydrogen-bond donors (Lipinski definition) is 0. The molecule has 6 nitrogen and oxygen atoms in total. The van der Waals surface area contributed by atoms with E-state index in [-0.39, 0.29) is 28.7 Å². The zero-order chi connectivity index (χ0) is 20.8. The smallest absolute Gasteiger partial charge is 0.269 e. The van der Waals surface area contributed by atoms with Gasteiger partial charge in [-0.3, -0.25) is 24.6 Å². The molecule has 1 fully saturated rings. The van der Waals surface area contributed by atoms with Crippen molar-refractivity contribution in [2.24, 2.45) is 10.8 Å². The molecular formula is C23H22N2O4. The van der Waals surface area contributed by atoms with Crippen LogP contribution in [0.5, 0.6) is 0 Å². The summed E-state index contributed by atoms with van der Waals surface area (Å²) in [5.41, 5.74) is -0.0307. The van der Waals surface area contributed by atoms with E-state index in [2.05, 4.69) is 0 Å². The van der Waals surface area contributed by atoms with Crippen molar-refractivity contribution >= 4 is 23.1 Å². The first kappa shape index (κ1) is 19.1. The number of benzene rings is 2. The van der Waals surface area contributed by atoms with E-state index in [1.165, 1.54) is 17.0 Å². The molecule has 1 spiro atoms. The monoisotopic (exact) mass is 390 g/mol.